The maximum atomic E-state index is 12.4. The SMILES string of the molecule is CC(C)c1ccc2c(c1)C(C1CCCCC1)N(C(=O)CCl)CC2. The largest absolute Gasteiger partial charge is 0.334 e. The second-order valence-corrected chi connectivity index (χ2v) is 7.69. The molecule has 3 heteroatoms. The van der Waals surface area contributed by atoms with E-state index in [4.69, 9.17) is 11.6 Å². The van der Waals surface area contributed by atoms with Crippen LogP contribution in [0.4, 0.5) is 0 Å². The molecular formula is C20H28ClNO. The Morgan fingerprint density at radius 1 is 1.26 bits per heavy atom. The van der Waals surface area contributed by atoms with Crippen LogP contribution in [0.2, 0.25) is 0 Å². The van der Waals surface area contributed by atoms with Gasteiger partial charge < -0.3 is 4.90 Å². The summed E-state index contributed by atoms with van der Waals surface area (Å²) in [5, 5.41) is 0. The predicted molar refractivity (Wildman–Crippen MR) is 96.0 cm³/mol. The van der Waals surface area contributed by atoms with Crippen molar-refractivity contribution in [2.45, 2.75) is 64.3 Å². The van der Waals surface area contributed by atoms with E-state index in [1.165, 1.54) is 48.8 Å². The topological polar surface area (TPSA) is 20.3 Å². The summed E-state index contributed by atoms with van der Waals surface area (Å²) in [6, 6.07) is 7.17. The number of rotatable bonds is 3. The zero-order chi connectivity index (χ0) is 16.4. The lowest BCUT2D eigenvalue weighted by Crippen LogP contribution is -2.44. The molecule has 1 amide bonds. The molecule has 1 aliphatic heterocycles. The molecule has 1 saturated carbocycles. The van der Waals surface area contributed by atoms with Gasteiger partial charge in [-0.1, -0.05) is 51.3 Å². The average Bonchev–Trinajstić information content (AvgIpc) is 2.60. The number of fused-ring (bicyclic) bond motifs is 1. The molecule has 3 rings (SSSR count). The fourth-order valence-electron chi connectivity index (χ4n) is 4.34. The monoisotopic (exact) mass is 333 g/mol. The van der Waals surface area contributed by atoms with Crippen LogP contribution in [0.15, 0.2) is 18.2 Å². The Hall–Kier alpha value is -1.02. The number of halogens is 1. The van der Waals surface area contributed by atoms with Gasteiger partial charge in [0.25, 0.3) is 0 Å². The van der Waals surface area contributed by atoms with Crippen molar-refractivity contribution in [3.8, 4) is 0 Å². The Morgan fingerprint density at radius 2 is 2.00 bits per heavy atom. The second kappa shape index (κ2) is 7.25. The Bertz CT molecular complexity index is 563. The maximum Gasteiger partial charge on any atom is 0.238 e. The molecule has 23 heavy (non-hydrogen) atoms. The lowest BCUT2D eigenvalue weighted by molar-refractivity contribution is -0.133. The van der Waals surface area contributed by atoms with E-state index in [2.05, 4.69) is 36.9 Å². The van der Waals surface area contributed by atoms with Crippen LogP contribution < -0.4 is 0 Å². The quantitative estimate of drug-likeness (QED) is 0.708. The molecule has 0 aromatic heterocycles. The minimum absolute atomic E-state index is 0.0996. The molecule has 1 aliphatic carbocycles. The van der Waals surface area contributed by atoms with Crippen molar-refractivity contribution in [2.75, 3.05) is 12.4 Å². The van der Waals surface area contributed by atoms with E-state index in [0.717, 1.165) is 13.0 Å². The summed E-state index contributed by atoms with van der Waals surface area (Å²) in [7, 11) is 0. The van der Waals surface area contributed by atoms with Gasteiger partial charge in [0, 0.05) is 6.54 Å². The van der Waals surface area contributed by atoms with Gasteiger partial charge in [0.05, 0.1) is 6.04 Å². The van der Waals surface area contributed by atoms with Crippen LogP contribution >= 0.6 is 11.6 Å². The Balaban J connectivity index is 2.01. The maximum absolute atomic E-state index is 12.4. The number of hydrogen-bond acceptors (Lipinski definition) is 1. The first-order chi connectivity index (χ1) is 11.1. The molecule has 126 valence electrons. The molecule has 1 aromatic rings. The molecule has 1 unspecified atom stereocenters. The van der Waals surface area contributed by atoms with Crippen molar-refractivity contribution in [1.29, 1.82) is 0 Å². The molecule has 1 fully saturated rings. The number of carbonyl (C=O) groups excluding carboxylic acids is 1. The molecule has 0 bridgehead atoms. The van der Waals surface area contributed by atoms with E-state index < -0.39 is 0 Å². The highest BCUT2D eigenvalue weighted by atomic mass is 35.5. The van der Waals surface area contributed by atoms with E-state index in [0.29, 0.717) is 11.8 Å². The van der Waals surface area contributed by atoms with E-state index >= 15 is 0 Å². The smallest absolute Gasteiger partial charge is 0.238 e. The highest BCUT2D eigenvalue weighted by molar-refractivity contribution is 6.27. The van der Waals surface area contributed by atoms with Gasteiger partial charge in [-0.05, 0) is 47.8 Å². The van der Waals surface area contributed by atoms with Crippen LogP contribution in [0.5, 0.6) is 0 Å². The van der Waals surface area contributed by atoms with E-state index in [1.54, 1.807) is 0 Å². The van der Waals surface area contributed by atoms with E-state index in [9.17, 15) is 4.79 Å². The lowest BCUT2D eigenvalue weighted by atomic mass is 9.76. The normalized spacial score (nSPS) is 22.3. The first-order valence-electron chi connectivity index (χ1n) is 9.10. The molecule has 0 saturated heterocycles. The summed E-state index contributed by atoms with van der Waals surface area (Å²) < 4.78 is 0. The predicted octanol–water partition coefficient (Wildman–Crippen LogP) is 5.05. The number of amides is 1. The van der Waals surface area contributed by atoms with Crippen molar-refractivity contribution in [2.24, 2.45) is 5.92 Å². The lowest BCUT2D eigenvalue weighted by Gasteiger charge is -2.43. The average molecular weight is 334 g/mol. The molecule has 1 aromatic carbocycles. The van der Waals surface area contributed by atoms with Crippen molar-refractivity contribution in [1.82, 2.24) is 4.90 Å². The van der Waals surface area contributed by atoms with Crippen molar-refractivity contribution in [3.05, 3.63) is 34.9 Å². The first kappa shape index (κ1) is 16.8. The van der Waals surface area contributed by atoms with Crippen LogP contribution in [-0.4, -0.2) is 23.2 Å². The summed E-state index contributed by atoms with van der Waals surface area (Å²) in [5.41, 5.74) is 4.21. The van der Waals surface area contributed by atoms with Crippen LogP contribution in [0, 0.1) is 5.92 Å². The molecule has 0 spiro atoms. The molecule has 1 atom stereocenters. The molecular weight excluding hydrogens is 306 g/mol. The van der Waals surface area contributed by atoms with Gasteiger partial charge in [-0.15, -0.1) is 11.6 Å². The van der Waals surface area contributed by atoms with Crippen molar-refractivity contribution in [3.63, 3.8) is 0 Å². The standard InChI is InChI=1S/C20H28ClNO/c1-14(2)17-9-8-15-10-11-22(19(23)13-21)20(18(15)12-17)16-6-4-3-5-7-16/h8-9,12,14,16,20H,3-7,10-11,13H2,1-2H3. The number of benzene rings is 1. The Morgan fingerprint density at radius 3 is 2.65 bits per heavy atom. The number of alkyl halides is 1. The Labute approximate surface area is 145 Å². The zero-order valence-electron chi connectivity index (χ0n) is 14.4. The number of hydrogen-bond donors (Lipinski definition) is 0. The highest BCUT2D eigenvalue weighted by Crippen LogP contribution is 2.42. The van der Waals surface area contributed by atoms with Gasteiger partial charge in [-0.25, -0.2) is 0 Å². The third-order valence-electron chi connectivity index (χ3n) is 5.64. The second-order valence-electron chi connectivity index (χ2n) is 7.43. The fourth-order valence-corrected chi connectivity index (χ4v) is 4.49. The molecule has 0 radical (unpaired) electrons. The minimum Gasteiger partial charge on any atom is -0.334 e. The summed E-state index contributed by atoms with van der Waals surface area (Å²) in [6.07, 6.45) is 7.36. The summed E-state index contributed by atoms with van der Waals surface area (Å²) in [4.78, 5) is 14.5. The first-order valence-corrected chi connectivity index (χ1v) is 9.63. The van der Waals surface area contributed by atoms with Gasteiger partial charge in [-0.2, -0.15) is 0 Å². The zero-order valence-corrected chi connectivity index (χ0v) is 15.1. The van der Waals surface area contributed by atoms with Crippen LogP contribution in [0.25, 0.3) is 0 Å². The van der Waals surface area contributed by atoms with E-state index in [-0.39, 0.29) is 17.8 Å². The van der Waals surface area contributed by atoms with Crippen LogP contribution in [-0.2, 0) is 11.2 Å². The van der Waals surface area contributed by atoms with Crippen molar-refractivity contribution < 1.29 is 4.79 Å². The van der Waals surface area contributed by atoms with Crippen molar-refractivity contribution >= 4 is 17.5 Å². The molecule has 1 heterocycles. The van der Waals surface area contributed by atoms with Gasteiger partial charge in [0.15, 0.2) is 0 Å². The van der Waals surface area contributed by atoms with Gasteiger partial charge in [0.1, 0.15) is 5.88 Å². The Kier molecular flexibility index (Phi) is 5.31. The van der Waals surface area contributed by atoms with Crippen LogP contribution in [0.3, 0.4) is 0 Å². The van der Waals surface area contributed by atoms with E-state index in [1.807, 2.05) is 0 Å². The fraction of sp³-hybridized carbons (Fsp3) is 0.650. The number of carbonyl (C=O) groups is 1. The molecule has 2 aliphatic rings. The van der Waals surface area contributed by atoms with Gasteiger partial charge in [0.2, 0.25) is 5.91 Å². The summed E-state index contributed by atoms with van der Waals surface area (Å²) in [6.45, 7) is 5.30. The summed E-state index contributed by atoms with van der Waals surface area (Å²) >= 11 is 5.91. The molecule has 0 N–H and O–H groups in total. The van der Waals surface area contributed by atoms with Crippen LogP contribution in [0.1, 0.15) is 74.6 Å². The number of nitrogens with zero attached hydrogens (tertiary/aromatic N) is 1. The third-order valence-corrected chi connectivity index (χ3v) is 5.87. The summed E-state index contributed by atoms with van der Waals surface area (Å²) in [5.74, 6) is 1.31. The third kappa shape index (κ3) is 3.42. The minimum atomic E-state index is 0.0996. The highest BCUT2D eigenvalue weighted by Gasteiger charge is 2.36. The van der Waals surface area contributed by atoms with Gasteiger partial charge in [-0.3, -0.25) is 4.79 Å². The molecule has 2 nitrogen and oxygen atoms in total. The van der Waals surface area contributed by atoms with Gasteiger partial charge >= 0.3 is 0 Å².